The number of methoxy groups -OCH3 is 1. The lowest BCUT2D eigenvalue weighted by Crippen LogP contribution is -2.34. The Kier molecular flexibility index (Phi) is 6.61. The molecule has 2 unspecified atom stereocenters. The molecule has 1 aromatic rings. The van der Waals surface area contributed by atoms with Crippen molar-refractivity contribution >= 4 is 17.5 Å². The van der Waals surface area contributed by atoms with Gasteiger partial charge in [0.15, 0.2) is 0 Å². The Balaban J connectivity index is 2.02. The zero-order valence-electron chi connectivity index (χ0n) is 14.6. The average molecular weight is 333 g/mol. The Morgan fingerprint density at radius 3 is 2.83 bits per heavy atom. The SMILES string of the molecule is CNC(=O)c1ccc(OC)c(NC(=O)CC(C)C2CCCNC2)c1. The molecule has 2 rings (SSSR count). The number of benzene rings is 1. The normalized spacial score (nSPS) is 18.5. The summed E-state index contributed by atoms with van der Waals surface area (Å²) in [6.45, 7) is 4.16. The molecule has 1 aliphatic rings. The van der Waals surface area contributed by atoms with E-state index in [2.05, 4.69) is 22.9 Å². The van der Waals surface area contributed by atoms with Crippen molar-refractivity contribution in [2.45, 2.75) is 26.2 Å². The van der Waals surface area contributed by atoms with Gasteiger partial charge in [-0.3, -0.25) is 9.59 Å². The molecule has 2 atom stereocenters. The van der Waals surface area contributed by atoms with Crippen LogP contribution in [-0.2, 0) is 4.79 Å². The lowest BCUT2D eigenvalue weighted by Gasteiger charge is -2.28. The lowest BCUT2D eigenvalue weighted by molar-refractivity contribution is -0.117. The van der Waals surface area contributed by atoms with E-state index in [9.17, 15) is 9.59 Å². The molecule has 2 amide bonds. The Hall–Kier alpha value is -2.08. The number of piperidine rings is 1. The largest absolute Gasteiger partial charge is 0.495 e. The molecule has 0 radical (unpaired) electrons. The fraction of sp³-hybridized carbons (Fsp3) is 0.556. The summed E-state index contributed by atoms with van der Waals surface area (Å²) in [5, 5.41) is 8.85. The third-order valence-electron chi connectivity index (χ3n) is 4.61. The fourth-order valence-electron chi connectivity index (χ4n) is 3.12. The van der Waals surface area contributed by atoms with Crippen LogP contribution in [0.15, 0.2) is 18.2 Å². The average Bonchev–Trinajstić information content (AvgIpc) is 2.61. The molecule has 24 heavy (non-hydrogen) atoms. The van der Waals surface area contributed by atoms with E-state index in [4.69, 9.17) is 4.74 Å². The molecule has 6 heteroatoms. The Morgan fingerprint density at radius 1 is 1.42 bits per heavy atom. The second-order valence-electron chi connectivity index (χ2n) is 6.33. The van der Waals surface area contributed by atoms with E-state index >= 15 is 0 Å². The maximum absolute atomic E-state index is 12.4. The predicted octanol–water partition coefficient (Wildman–Crippen LogP) is 2.02. The fourth-order valence-corrected chi connectivity index (χ4v) is 3.12. The number of ether oxygens (including phenoxy) is 1. The molecular formula is C18H27N3O3. The van der Waals surface area contributed by atoms with Crippen LogP contribution in [-0.4, -0.2) is 39.1 Å². The standard InChI is InChI=1S/C18H27N3O3/c1-12(14-5-4-8-20-11-14)9-17(22)21-15-10-13(18(23)19-2)6-7-16(15)24-3/h6-7,10,12,14,20H,4-5,8-9,11H2,1-3H3,(H,19,23)(H,21,22). The summed E-state index contributed by atoms with van der Waals surface area (Å²) in [5.74, 6) is 1.13. The predicted molar refractivity (Wildman–Crippen MR) is 94.4 cm³/mol. The quantitative estimate of drug-likeness (QED) is 0.744. The third kappa shape index (κ3) is 4.71. The molecular weight excluding hydrogens is 306 g/mol. The highest BCUT2D eigenvalue weighted by atomic mass is 16.5. The van der Waals surface area contributed by atoms with Gasteiger partial charge >= 0.3 is 0 Å². The lowest BCUT2D eigenvalue weighted by atomic mass is 9.85. The van der Waals surface area contributed by atoms with Gasteiger partial charge in [-0.15, -0.1) is 0 Å². The maximum atomic E-state index is 12.4. The van der Waals surface area contributed by atoms with Crippen LogP contribution >= 0.6 is 0 Å². The van der Waals surface area contributed by atoms with Crippen molar-refractivity contribution < 1.29 is 14.3 Å². The molecule has 1 heterocycles. The van der Waals surface area contributed by atoms with E-state index < -0.39 is 0 Å². The van der Waals surface area contributed by atoms with E-state index in [0.717, 1.165) is 19.5 Å². The van der Waals surface area contributed by atoms with Gasteiger partial charge in [0.25, 0.3) is 5.91 Å². The molecule has 3 N–H and O–H groups in total. The molecule has 1 aliphatic heterocycles. The van der Waals surface area contributed by atoms with Gasteiger partial charge < -0.3 is 20.7 Å². The first-order valence-electron chi connectivity index (χ1n) is 8.45. The maximum Gasteiger partial charge on any atom is 0.251 e. The van der Waals surface area contributed by atoms with Gasteiger partial charge in [-0.25, -0.2) is 0 Å². The summed E-state index contributed by atoms with van der Waals surface area (Å²) in [6.07, 6.45) is 2.79. The summed E-state index contributed by atoms with van der Waals surface area (Å²) >= 11 is 0. The topological polar surface area (TPSA) is 79.5 Å². The van der Waals surface area contributed by atoms with Gasteiger partial charge in [-0.05, 0) is 56.0 Å². The number of nitrogens with one attached hydrogen (secondary N) is 3. The minimum Gasteiger partial charge on any atom is -0.495 e. The van der Waals surface area contributed by atoms with Crippen molar-refractivity contribution in [1.29, 1.82) is 0 Å². The Labute approximate surface area is 143 Å². The van der Waals surface area contributed by atoms with Crippen LogP contribution in [0.1, 0.15) is 36.5 Å². The highest BCUT2D eigenvalue weighted by Crippen LogP contribution is 2.27. The van der Waals surface area contributed by atoms with Crippen LogP contribution in [0.2, 0.25) is 0 Å². The minimum atomic E-state index is -0.199. The molecule has 1 aromatic carbocycles. The first kappa shape index (κ1) is 18.3. The van der Waals surface area contributed by atoms with Crippen LogP contribution in [0, 0.1) is 11.8 Å². The van der Waals surface area contributed by atoms with Crippen molar-refractivity contribution in [2.75, 3.05) is 32.6 Å². The summed E-state index contributed by atoms with van der Waals surface area (Å²) in [4.78, 5) is 24.2. The minimum absolute atomic E-state index is 0.0552. The molecule has 1 saturated heterocycles. The molecule has 0 aromatic heterocycles. The number of carbonyl (C=O) groups is 2. The number of carbonyl (C=O) groups excluding carboxylic acids is 2. The molecule has 0 aliphatic carbocycles. The molecule has 0 saturated carbocycles. The van der Waals surface area contributed by atoms with E-state index in [0.29, 0.717) is 35.3 Å². The monoisotopic (exact) mass is 333 g/mol. The zero-order valence-corrected chi connectivity index (χ0v) is 14.6. The van der Waals surface area contributed by atoms with Gasteiger partial charge in [0, 0.05) is 19.0 Å². The van der Waals surface area contributed by atoms with Crippen molar-refractivity contribution in [2.24, 2.45) is 11.8 Å². The van der Waals surface area contributed by atoms with Crippen molar-refractivity contribution in [3.8, 4) is 5.75 Å². The molecule has 6 nitrogen and oxygen atoms in total. The van der Waals surface area contributed by atoms with Gasteiger partial charge in [-0.1, -0.05) is 6.92 Å². The van der Waals surface area contributed by atoms with Crippen molar-refractivity contribution in [3.05, 3.63) is 23.8 Å². The molecule has 132 valence electrons. The van der Waals surface area contributed by atoms with Crippen LogP contribution in [0.25, 0.3) is 0 Å². The van der Waals surface area contributed by atoms with Crippen LogP contribution in [0.5, 0.6) is 5.75 Å². The second-order valence-corrected chi connectivity index (χ2v) is 6.33. The van der Waals surface area contributed by atoms with Crippen LogP contribution in [0.3, 0.4) is 0 Å². The van der Waals surface area contributed by atoms with Gasteiger partial charge in [0.2, 0.25) is 5.91 Å². The summed E-state index contributed by atoms with van der Waals surface area (Å²) in [5.41, 5.74) is 1.01. The summed E-state index contributed by atoms with van der Waals surface area (Å²) in [7, 11) is 3.12. The van der Waals surface area contributed by atoms with E-state index in [1.165, 1.54) is 6.42 Å². The number of amides is 2. The van der Waals surface area contributed by atoms with E-state index in [1.54, 1.807) is 32.4 Å². The first-order chi connectivity index (χ1) is 11.5. The second kappa shape index (κ2) is 8.68. The van der Waals surface area contributed by atoms with Gasteiger partial charge in [0.05, 0.1) is 12.8 Å². The molecule has 0 bridgehead atoms. The molecule has 0 spiro atoms. The van der Waals surface area contributed by atoms with Crippen molar-refractivity contribution in [3.63, 3.8) is 0 Å². The van der Waals surface area contributed by atoms with Gasteiger partial charge in [0.1, 0.15) is 5.75 Å². The number of rotatable bonds is 6. The Morgan fingerprint density at radius 2 is 2.21 bits per heavy atom. The third-order valence-corrected chi connectivity index (χ3v) is 4.61. The smallest absolute Gasteiger partial charge is 0.251 e. The van der Waals surface area contributed by atoms with Crippen LogP contribution in [0.4, 0.5) is 5.69 Å². The molecule has 1 fully saturated rings. The number of hydrogen-bond donors (Lipinski definition) is 3. The summed E-state index contributed by atoms with van der Waals surface area (Å²) in [6, 6.07) is 5.00. The highest BCUT2D eigenvalue weighted by Gasteiger charge is 2.22. The van der Waals surface area contributed by atoms with E-state index in [1.807, 2.05) is 0 Å². The van der Waals surface area contributed by atoms with Crippen molar-refractivity contribution in [1.82, 2.24) is 10.6 Å². The first-order valence-corrected chi connectivity index (χ1v) is 8.45. The van der Waals surface area contributed by atoms with Crippen LogP contribution < -0.4 is 20.7 Å². The highest BCUT2D eigenvalue weighted by molar-refractivity contribution is 5.98. The zero-order chi connectivity index (χ0) is 17.5. The number of anilines is 1. The van der Waals surface area contributed by atoms with Gasteiger partial charge in [-0.2, -0.15) is 0 Å². The number of hydrogen-bond acceptors (Lipinski definition) is 4. The summed E-state index contributed by atoms with van der Waals surface area (Å²) < 4.78 is 5.28. The van der Waals surface area contributed by atoms with E-state index in [-0.39, 0.29) is 11.8 Å². The Bertz CT molecular complexity index is 583.